The molecule has 47 heavy (non-hydrogen) atoms. The highest BCUT2D eigenvalue weighted by molar-refractivity contribution is 6.32. The molecule has 3 aromatic rings. The molecule has 2 aromatic carbocycles. The largest absolute Gasteiger partial charge is 0.493 e. The molecule has 2 aliphatic heterocycles. The summed E-state index contributed by atoms with van der Waals surface area (Å²) in [5.41, 5.74) is 3.26. The van der Waals surface area contributed by atoms with Gasteiger partial charge in [0, 0.05) is 48.8 Å². The molecule has 2 amide bonds. The number of esters is 2. The Balaban J connectivity index is 1.27. The van der Waals surface area contributed by atoms with Crippen LogP contribution in [0.3, 0.4) is 0 Å². The van der Waals surface area contributed by atoms with Gasteiger partial charge in [0.05, 0.1) is 38.2 Å². The van der Waals surface area contributed by atoms with Gasteiger partial charge in [-0.15, -0.1) is 0 Å². The lowest BCUT2D eigenvalue weighted by atomic mass is 9.98. The van der Waals surface area contributed by atoms with Gasteiger partial charge in [-0.1, -0.05) is 23.7 Å². The van der Waals surface area contributed by atoms with Gasteiger partial charge < -0.3 is 38.1 Å². The summed E-state index contributed by atoms with van der Waals surface area (Å²) in [5, 5.41) is 0.537. The maximum atomic E-state index is 13.4. The molecule has 0 saturated carbocycles. The van der Waals surface area contributed by atoms with E-state index in [2.05, 4.69) is 4.74 Å². The Morgan fingerprint density at radius 2 is 1.79 bits per heavy atom. The van der Waals surface area contributed by atoms with Gasteiger partial charge in [-0.05, 0) is 42.8 Å². The van der Waals surface area contributed by atoms with Gasteiger partial charge in [-0.3, -0.25) is 19.2 Å². The third-order valence-electron chi connectivity index (χ3n) is 7.97. The SMILES string of the molecule is COc1cccc([C@H]2O[C@H](CCC(=O)N3CCN(CC(=O)OCOC(=O)C(C)=O)C(=O)C3)c3cccn3-c3ccc(Cl)cc32)c1OC. The normalized spacial score (nSPS) is 17.2. The topological polar surface area (TPSA) is 143 Å². The van der Waals surface area contributed by atoms with Crippen LogP contribution in [0.4, 0.5) is 0 Å². The van der Waals surface area contributed by atoms with E-state index in [0.29, 0.717) is 22.9 Å². The Hall–Kier alpha value is -4.88. The summed E-state index contributed by atoms with van der Waals surface area (Å²) in [4.78, 5) is 63.1. The highest BCUT2D eigenvalue weighted by Crippen LogP contribution is 2.46. The third kappa shape index (κ3) is 7.42. The maximum Gasteiger partial charge on any atom is 0.377 e. The second-order valence-electron chi connectivity index (χ2n) is 10.9. The van der Waals surface area contributed by atoms with Gasteiger partial charge in [0.25, 0.3) is 0 Å². The second kappa shape index (κ2) is 14.7. The van der Waals surface area contributed by atoms with Crippen molar-refractivity contribution in [2.75, 3.05) is 47.2 Å². The number of carbonyl (C=O) groups is 5. The summed E-state index contributed by atoms with van der Waals surface area (Å²) in [5.74, 6) is -2.38. The summed E-state index contributed by atoms with van der Waals surface area (Å²) in [6.07, 6.45) is 1.19. The van der Waals surface area contributed by atoms with E-state index in [1.165, 1.54) is 9.80 Å². The maximum absolute atomic E-state index is 13.4. The number of aromatic nitrogens is 1. The number of ether oxygens (including phenoxy) is 5. The predicted octanol–water partition coefficient (Wildman–Crippen LogP) is 3.39. The number of fused-ring (bicyclic) bond motifs is 3. The minimum Gasteiger partial charge on any atom is -0.493 e. The first-order valence-electron chi connectivity index (χ1n) is 14.8. The number of hydrogen-bond acceptors (Lipinski definition) is 10. The van der Waals surface area contributed by atoms with Crippen LogP contribution in [0.2, 0.25) is 5.02 Å². The van der Waals surface area contributed by atoms with Gasteiger partial charge in [0.1, 0.15) is 12.6 Å². The number of carbonyl (C=O) groups excluding carboxylic acids is 5. The molecular weight excluding hydrogens is 634 g/mol. The quantitative estimate of drug-likeness (QED) is 0.170. The molecule has 0 aliphatic carbocycles. The first kappa shape index (κ1) is 33.5. The van der Waals surface area contributed by atoms with Crippen molar-refractivity contribution in [3.63, 3.8) is 0 Å². The van der Waals surface area contributed by atoms with Crippen LogP contribution in [-0.4, -0.2) is 91.1 Å². The first-order chi connectivity index (χ1) is 22.6. The van der Waals surface area contributed by atoms with Crippen molar-refractivity contribution in [1.82, 2.24) is 14.4 Å². The second-order valence-corrected chi connectivity index (χ2v) is 11.3. The zero-order valence-corrected chi connectivity index (χ0v) is 26.9. The van der Waals surface area contributed by atoms with Crippen LogP contribution >= 0.6 is 11.6 Å². The molecular formula is C33H34ClN3O10. The number of benzene rings is 2. The molecule has 1 aromatic heterocycles. The molecule has 3 heterocycles. The van der Waals surface area contributed by atoms with Crippen molar-refractivity contribution < 1.29 is 47.7 Å². The van der Waals surface area contributed by atoms with Crippen LogP contribution in [0.25, 0.3) is 5.69 Å². The van der Waals surface area contributed by atoms with Crippen molar-refractivity contribution in [2.45, 2.75) is 32.0 Å². The summed E-state index contributed by atoms with van der Waals surface area (Å²) >= 11 is 6.48. The molecule has 0 unspecified atom stereocenters. The van der Waals surface area contributed by atoms with Gasteiger partial charge in [0.2, 0.25) is 24.4 Å². The number of halogens is 1. The van der Waals surface area contributed by atoms with E-state index in [0.717, 1.165) is 29.4 Å². The van der Waals surface area contributed by atoms with E-state index < -0.39 is 42.6 Å². The van der Waals surface area contributed by atoms with Gasteiger partial charge in [-0.2, -0.15) is 0 Å². The summed E-state index contributed by atoms with van der Waals surface area (Å²) in [6.45, 7) is 0.0270. The highest BCUT2D eigenvalue weighted by Gasteiger charge is 2.34. The number of methoxy groups -OCH3 is 2. The van der Waals surface area contributed by atoms with E-state index in [-0.39, 0.29) is 38.5 Å². The molecule has 2 atom stereocenters. The van der Waals surface area contributed by atoms with Crippen LogP contribution < -0.4 is 9.47 Å². The van der Waals surface area contributed by atoms with E-state index in [1.807, 2.05) is 53.2 Å². The van der Waals surface area contributed by atoms with E-state index in [9.17, 15) is 24.0 Å². The van der Waals surface area contributed by atoms with Gasteiger partial charge in [-0.25, -0.2) is 4.79 Å². The fourth-order valence-electron chi connectivity index (χ4n) is 5.67. The molecule has 13 nitrogen and oxygen atoms in total. The van der Waals surface area contributed by atoms with Crippen LogP contribution in [0.15, 0.2) is 54.7 Å². The fourth-order valence-corrected chi connectivity index (χ4v) is 5.85. The van der Waals surface area contributed by atoms with Crippen molar-refractivity contribution >= 4 is 41.1 Å². The predicted molar refractivity (Wildman–Crippen MR) is 166 cm³/mol. The Morgan fingerprint density at radius 3 is 2.51 bits per heavy atom. The lowest BCUT2D eigenvalue weighted by molar-refractivity contribution is -0.172. The highest BCUT2D eigenvalue weighted by atomic mass is 35.5. The number of para-hydroxylation sites is 1. The van der Waals surface area contributed by atoms with Crippen molar-refractivity contribution in [3.05, 3.63) is 76.6 Å². The number of hydrogen-bond donors (Lipinski definition) is 0. The summed E-state index contributed by atoms with van der Waals surface area (Å²) in [7, 11) is 3.13. The number of nitrogens with zero attached hydrogens (tertiary/aromatic N) is 3. The number of piperazine rings is 1. The van der Waals surface area contributed by atoms with Crippen LogP contribution in [0.1, 0.15) is 48.8 Å². The van der Waals surface area contributed by atoms with Crippen LogP contribution in [-0.2, 0) is 38.2 Å². The summed E-state index contributed by atoms with van der Waals surface area (Å²) in [6, 6.07) is 15.0. The molecule has 2 aliphatic rings. The van der Waals surface area contributed by atoms with Gasteiger partial charge in [0.15, 0.2) is 11.5 Å². The molecule has 0 spiro atoms. The van der Waals surface area contributed by atoms with Crippen molar-refractivity contribution in [2.24, 2.45) is 0 Å². The lowest BCUT2D eigenvalue weighted by Gasteiger charge is -2.34. The average Bonchev–Trinajstić information content (AvgIpc) is 3.50. The monoisotopic (exact) mass is 667 g/mol. The lowest BCUT2D eigenvalue weighted by Crippen LogP contribution is -2.53. The van der Waals surface area contributed by atoms with Crippen LogP contribution in [0, 0.1) is 0 Å². The minimum atomic E-state index is -1.13. The Morgan fingerprint density at radius 1 is 0.979 bits per heavy atom. The molecule has 0 radical (unpaired) electrons. The first-order valence-corrected chi connectivity index (χ1v) is 15.2. The number of rotatable bonds is 11. The van der Waals surface area contributed by atoms with E-state index >= 15 is 0 Å². The Bertz CT molecular complexity index is 1690. The molecule has 14 heteroatoms. The van der Waals surface area contributed by atoms with Crippen LogP contribution in [0.5, 0.6) is 11.5 Å². The number of Topliss-reactive ketones (excluding diaryl/α,β-unsaturated/α-hetero) is 1. The Labute approximate surface area is 275 Å². The molecule has 248 valence electrons. The zero-order valence-electron chi connectivity index (χ0n) is 26.1. The van der Waals surface area contributed by atoms with E-state index in [1.54, 1.807) is 20.3 Å². The molecule has 1 saturated heterocycles. The molecule has 5 rings (SSSR count). The number of ketones is 1. The smallest absolute Gasteiger partial charge is 0.377 e. The average molecular weight is 668 g/mol. The Kier molecular flexibility index (Phi) is 10.5. The zero-order chi connectivity index (χ0) is 33.7. The third-order valence-corrected chi connectivity index (χ3v) is 8.20. The number of amides is 2. The fraction of sp³-hybridized carbons (Fsp3) is 0.364. The molecule has 0 bridgehead atoms. The summed E-state index contributed by atoms with van der Waals surface area (Å²) < 4.78 is 29.4. The molecule has 1 fully saturated rings. The minimum absolute atomic E-state index is 0.0890. The molecule has 0 N–H and O–H groups in total. The van der Waals surface area contributed by atoms with Crippen molar-refractivity contribution in [1.29, 1.82) is 0 Å². The van der Waals surface area contributed by atoms with Gasteiger partial charge >= 0.3 is 11.9 Å². The van der Waals surface area contributed by atoms with Crippen molar-refractivity contribution in [3.8, 4) is 17.2 Å². The van der Waals surface area contributed by atoms with E-state index in [4.69, 9.17) is 30.5 Å². The standard InChI is InChI=1S/C33H34ClN3O10/c1-20(38)33(42)46-19-45-30(41)18-36-15-14-35(17-29(36)40)28(39)12-11-26-25-7-5-13-37(25)24-10-9-21(34)16-23(24)31(47-26)22-6-4-8-27(43-2)32(22)44-3/h4-10,13,16,26,31H,11-12,14-15,17-19H2,1-3H3/t26-,31-/m1/s1.